The lowest BCUT2D eigenvalue weighted by Gasteiger charge is -2.42. The van der Waals surface area contributed by atoms with Gasteiger partial charge in [-0.3, -0.25) is 4.90 Å². The van der Waals surface area contributed by atoms with Gasteiger partial charge in [-0.2, -0.15) is 17.6 Å². The molecule has 0 bridgehead atoms. The second-order valence-electron chi connectivity index (χ2n) is 16.6. The van der Waals surface area contributed by atoms with Crippen molar-refractivity contribution in [2.75, 3.05) is 11.4 Å². The molecule has 4 aromatic rings. The molecule has 2 N–H and O–H groups in total. The van der Waals surface area contributed by atoms with Crippen molar-refractivity contribution in [1.29, 1.82) is 0 Å². The first kappa shape index (κ1) is 41.7. The van der Waals surface area contributed by atoms with Crippen LogP contribution in [-0.2, 0) is 20.8 Å². The molecule has 2 heterocycles. The first-order chi connectivity index (χ1) is 24.2. The Morgan fingerprint density at radius 2 is 1.57 bits per heavy atom. The molecule has 4 rings (SSSR count). The molecule has 2 aromatic carbocycles. The number of pyridine rings is 1. The van der Waals surface area contributed by atoms with Crippen molar-refractivity contribution in [2.24, 2.45) is 0 Å². The Balaban J connectivity index is 1.89. The minimum absolute atomic E-state index is 0.0907. The number of aromatic nitrogens is 2. The van der Waals surface area contributed by atoms with Crippen molar-refractivity contribution >= 4 is 47.7 Å². The lowest BCUT2D eigenvalue weighted by atomic mass is 9.89. The number of carboxylic acid groups (broad SMARTS) is 1. The van der Waals surface area contributed by atoms with Gasteiger partial charge in [0, 0.05) is 23.1 Å². The van der Waals surface area contributed by atoms with Gasteiger partial charge >= 0.3 is 18.4 Å². The molecule has 2 amide bonds. The van der Waals surface area contributed by atoms with E-state index in [0.29, 0.717) is 27.1 Å². The van der Waals surface area contributed by atoms with E-state index in [1.807, 2.05) is 60.7 Å². The van der Waals surface area contributed by atoms with E-state index in [1.165, 1.54) is 24.4 Å². The van der Waals surface area contributed by atoms with Crippen LogP contribution < -0.4 is 10.2 Å². The number of ether oxygens (including phenoxy) is 1. The average molecular weight is 777 g/mol. The van der Waals surface area contributed by atoms with Gasteiger partial charge < -0.3 is 19.6 Å². The number of amides is 2. The highest BCUT2D eigenvalue weighted by Gasteiger charge is 2.43. The first-order valence-electron chi connectivity index (χ1n) is 17.1. The number of rotatable bonds is 9. The zero-order chi connectivity index (χ0) is 39.9. The van der Waals surface area contributed by atoms with Crippen LogP contribution in [0.2, 0.25) is 18.1 Å². The molecule has 9 nitrogen and oxygen atoms in total. The van der Waals surface area contributed by atoms with Gasteiger partial charge in [0.1, 0.15) is 5.60 Å². The molecule has 0 saturated heterocycles. The quantitative estimate of drug-likeness (QED) is 0.0988. The molecule has 15 heteroatoms. The summed E-state index contributed by atoms with van der Waals surface area (Å²) in [7, 11) is -2.74. The van der Waals surface area contributed by atoms with Crippen molar-refractivity contribution in [1.82, 2.24) is 15.3 Å². The van der Waals surface area contributed by atoms with E-state index in [-0.39, 0.29) is 10.2 Å². The summed E-state index contributed by atoms with van der Waals surface area (Å²) in [6, 6.07) is 10.0. The van der Waals surface area contributed by atoms with Crippen LogP contribution in [-0.4, -0.2) is 53.8 Å². The van der Waals surface area contributed by atoms with Crippen LogP contribution in [0.15, 0.2) is 54.7 Å². The summed E-state index contributed by atoms with van der Waals surface area (Å²) in [6.07, 6.45) is -6.51. The van der Waals surface area contributed by atoms with E-state index in [0.717, 1.165) is 33.8 Å². The Bertz CT molecular complexity index is 1950. The van der Waals surface area contributed by atoms with Gasteiger partial charge in [-0.25, -0.2) is 19.6 Å². The number of anilines is 1. The summed E-state index contributed by atoms with van der Waals surface area (Å²) < 4.78 is 67.4. The van der Waals surface area contributed by atoms with Gasteiger partial charge in [-0.05, 0) is 73.6 Å². The van der Waals surface area contributed by atoms with E-state index in [4.69, 9.17) is 14.1 Å². The topological polar surface area (TPSA) is 114 Å². The molecule has 0 aliphatic heterocycles. The number of nitrogens with one attached hydrogen (secondary N) is 1. The molecule has 0 spiro atoms. The van der Waals surface area contributed by atoms with Gasteiger partial charge in [0.15, 0.2) is 13.4 Å². The maximum atomic E-state index is 14.1. The third kappa shape index (κ3) is 10.3. The van der Waals surface area contributed by atoms with E-state index >= 15 is 0 Å². The number of nitrogens with zero attached hydrogens (tertiary/aromatic N) is 3. The Hall–Kier alpha value is -4.08. The normalized spacial score (nSPS) is 14.2. The number of hydrogen-bond donors (Lipinski definition) is 2. The number of benzene rings is 2. The van der Waals surface area contributed by atoms with Crippen molar-refractivity contribution < 1.29 is 41.4 Å². The van der Waals surface area contributed by atoms with E-state index < -0.39 is 67.9 Å². The van der Waals surface area contributed by atoms with Gasteiger partial charge in [-0.1, -0.05) is 77.1 Å². The molecule has 288 valence electrons. The van der Waals surface area contributed by atoms with Crippen molar-refractivity contribution in [2.45, 2.75) is 110 Å². The van der Waals surface area contributed by atoms with Crippen LogP contribution in [0.1, 0.15) is 85.2 Å². The van der Waals surface area contributed by atoms with Crippen LogP contribution in [0, 0.1) is 5.95 Å². The lowest BCUT2D eigenvalue weighted by Crippen LogP contribution is -2.53. The van der Waals surface area contributed by atoms with Gasteiger partial charge in [0.05, 0.1) is 34.8 Å². The third-order valence-corrected chi connectivity index (χ3v) is 14.6. The summed E-state index contributed by atoms with van der Waals surface area (Å²) >= 11 is 1.11. The molecule has 53 heavy (non-hydrogen) atoms. The largest absolute Gasteiger partial charge is 0.465 e. The maximum absolute atomic E-state index is 14.1. The predicted molar refractivity (Wildman–Crippen MR) is 203 cm³/mol. The highest BCUT2D eigenvalue weighted by atomic mass is 32.1. The van der Waals surface area contributed by atoms with E-state index in [1.54, 1.807) is 32.9 Å². The van der Waals surface area contributed by atoms with E-state index in [9.17, 15) is 32.3 Å². The Labute approximate surface area is 312 Å². The van der Waals surface area contributed by atoms with Crippen molar-refractivity contribution in [3.8, 4) is 10.4 Å². The molecule has 0 fully saturated rings. The van der Waals surface area contributed by atoms with Gasteiger partial charge in [0.25, 0.3) is 0 Å². The zero-order valence-corrected chi connectivity index (χ0v) is 33.7. The Morgan fingerprint density at radius 1 is 0.943 bits per heavy atom. The van der Waals surface area contributed by atoms with Crippen LogP contribution in [0.5, 0.6) is 0 Å². The lowest BCUT2D eigenvalue weighted by molar-refractivity contribution is -0.137. The number of hydrogen-bond acceptors (Lipinski definition) is 7. The molecule has 2 aromatic heterocycles. The number of carbonyl (C=O) groups is 2. The van der Waals surface area contributed by atoms with Crippen LogP contribution >= 0.6 is 11.3 Å². The minimum Gasteiger partial charge on any atom is -0.465 e. The molecule has 0 aliphatic carbocycles. The molecule has 0 radical (unpaired) electrons. The predicted octanol–water partition coefficient (Wildman–Crippen LogP) is 11.0. The maximum Gasteiger partial charge on any atom is 0.416 e. The highest BCUT2D eigenvalue weighted by Crippen LogP contribution is 2.44. The summed E-state index contributed by atoms with van der Waals surface area (Å²) in [5.74, 6) is -0.640. The monoisotopic (exact) mass is 776 g/mol. The fraction of sp³-hybridized carbons (Fsp3) is 0.474. The second-order valence-corrected chi connectivity index (χ2v) is 22.3. The molecule has 2 atom stereocenters. The van der Waals surface area contributed by atoms with Gasteiger partial charge in [-0.15, -0.1) is 0 Å². The molecule has 0 unspecified atom stereocenters. The molecule has 0 saturated carbocycles. The number of alkyl halides is 3. The average Bonchev–Trinajstić information content (AvgIpc) is 3.46. The number of thiazole rings is 1. The zero-order valence-electron chi connectivity index (χ0n) is 31.9. The molecular weight excluding hydrogens is 729 g/mol. The number of halogens is 4. The highest BCUT2D eigenvalue weighted by molar-refractivity contribution is 7.19. The molecule has 0 aliphatic rings. The Kier molecular flexibility index (Phi) is 11.8. The van der Waals surface area contributed by atoms with E-state index in [2.05, 4.69) is 10.3 Å². The molecular formula is C38H48F4N4O5SSi. The number of alkyl carbamates (subject to hydrolysis) is 1. The summed E-state index contributed by atoms with van der Waals surface area (Å²) in [6.45, 7) is 20.3. The van der Waals surface area contributed by atoms with Crippen LogP contribution in [0.25, 0.3) is 21.2 Å². The summed E-state index contributed by atoms with van der Waals surface area (Å²) in [4.78, 5) is 36.8. The fourth-order valence-electron chi connectivity index (χ4n) is 5.23. The minimum atomic E-state index is -4.59. The number of fused-ring (bicyclic) bond motifs is 1. The van der Waals surface area contributed by atoms with Crippen molar-refractivity contribution in [3.63, 3.8) is 0 Å². The Morgan fingerprint density at radius 3 is 2.09 bits per heavy atom. The fourth-order valence-corrected chi connectivity index (χ4v) is 7.80. The summed E-state index contributed by atoms with van der Waals surface area (Å²) in [5.41, 5.74) is -0.762. The second kappa shape index (κ2) is 15.0. The van der Waals surface area contributed by atoms with Crippen molar-refractivity contribution in [3.05, 3.63) is 77.5 Å². The number of carbonyl (C=O) groups excluding carboxylic acids is 1. The van der Waals surface area contributed by atoms with Gasteiger partial charge in [0.2, 0.25) is 5.95 Å². The van der Waals surface area contributed by atoms with Crippen LogP contribution in [0.3, 0.4) is 0 Å². The summed E-state index contributed by atoms with van der Waals surface area (Å²) in [5, 5.41) is 14.6. The first-order valence-corrected chi connectivity index (χ1v) is 20.8. The SMILES string of the molecule is CC(C)(C)OC(=O)N[C@H](CN(C(=O)O)c1nc(C(C)(C)C)c(-c2ccc3cnc(F)cc3c2)s1)[C@@H](O[Si](C)(C)C(C)(C)C)c1ccc(C(F)(F)F)cc1. The van der Waals surface area contributed by atoms with Crippen LogP contribution in [0.4, 0.5) is 32.3 Å². The standard InChI is InChI=1S/C38H48F4N4O5SSi/c1-35(2,3)31-30(23-12-13-24-20-43-28(39)19-25(24)18-23)52-32(45-31)46(34(48)49)21-27(44-33(47)50-36(4,5)6)29(51-53(10,11)37(7,8)9)22-14-16-26(17-15-22)38(40,41)42/h12-20,27,29H,21H2,1-11H3,(H,44,47)(H,48,49)/t27-,29+/m1/s1. The smallest absolute Gasteiger partial charge is 0.416 e. The third-order valence-electron chi connectivity index (χ3n) is 8.98.